The molecule has 0 aliphatic heterocycles. The molecule has 0 atom stereocenters. The Morgan fingerprint density at radius 3 is 2.86 bits per heavy atom. The zero-order valence-electron chi connectivity index (χ0n) is 11.8. The van der Waals surface area contributed by atoms with Gasteiger partial charge >= 0.3 is 0 Å². The van der Waals surface area contributed by atoms with Crippen LogP contribution in [-0.2, 0) is 16.6 Å². The number of sulfonamides is 1. The summed E-state index contributed by atoms with van der Waals surface area (Å²) in [7, 11) is -3.69. The molecule has 0 aliphatic rings. The second kappa shape index (κ2) is 5.63. The van der Waals surface area contributed by atoms with Crippen molar-refractivity contribution < 1.29 is 12.9 Å². The monoisotopic (exact) mass is 339 g/mol. The van der Waals surface area contributed by atoms with Crippen LogP contribution < -0.4 is 4.72 Å². The lowest BCUT2D eigenvalue weighted by atomic mass is 10.4. The first kappa shape index (κ1) is 14.9. The van der Waals surface area contributed by atoms with Crippen LogP contribution in [0.1, 0.15) is 17.3 Å². The second-order valence-electron chi connectivity index (χ2n) is 4.58. The molecule has 0 saturated carbocycles. The van der Waals surface area contributed by atoms with Gasteiger partial charge in [0.15, 0.2) is 0 Å². The summed E-state index contributed by atoms with van der Waals surface area (Å²) in [4.78, 5) is 5.17. The third kappa shape index (κ3) is 2.80. The van der Waals surface area contributed by atoms with Gasteiger partial charge in [0.05, 0.1) is 22.8 Å². The van der Waals surface area contributed by atoms with Gasteiger partial charge in [-0.3, -0.25) is 5.10 Å². The number of hydrogen-bond acceptors (Lipinski definition) is 7. The molecule has 0 bridgehead atoms. The van der Waals surface area contributed by atoms with Crippen LogP contribution >= 0.6 is 11.3 Å². The zero-order chi connectivity index (χ0) is 15.7. The summed E-state index contributed by atoms with van der Waals surface area (Å²) in [5.41, 5.74) is 0.893. The largest absolute Gasteiger partial charge is 0.337 e. The number of aromatic nitrogens is 4. The van der Waals surface area contributed by atoms with E-state index in [4.69, 9.17) is 4.52 Å². The number of hydrogen-bond donors (Lipinski definition) is 2. The first-order valence-corrected chi connectivity index (χ1v) is 8.71. The van der Waals surface area contributed by atoms with Crippen LogP contribution in [0.15, 0.2) is 26.9 Å². The fourth-order valence-corrected chi connectivity index (χ4v) is 3.99. The Kier molecular flexibility index (Phi) is 3.81. The maximum absolute atomic E-state index is 12.3. The summed E-state index contributed by atoms with van der Waals surface area (Å²) in [5.74, 6) is 0.644. The number of aromatic amines is 1. The summed E-state index contributed by atoms with van der Waals surface area (Å²) in [5, 5.41) is 12.3. The molecule has 0 spiro atoms. The molecule has 10 heteroatoms. The zero-order valence-corrected chi connectivity index (χ0v) is 13.5. The van der Waals surface area contributed by atoms with E-state index in [1.807, 2.05) is 17.5 Å². The number of nitrogens with one attached hydrogen (secondary N) is 2. The van der Waals surface area contributed by atoms with Crippen molar-refractivity contribution in [3.05, 3.63) is 34.8 Å². The Morgan fingerprint density at radius 2 is 2.23 bits per heavy atom. The van der Waals surface area contributed by atoms with Crippen LogP contribution in [0, 0.1) is 13.8 Å². The van der Waals surface area contributed by atoms with Crippen LogP contribution in [0.3, 0.4) is 0 Å². The molecular weight excluding hydrogens is 326 g/mol. The molecule has 3 aromatic rings. The lowest BCUT2D eigenvalue weighted by Crippen LogP contribution is -2.24. The molecule has 22 heavy (non-hydrogen) atoms. The summed E-state index contributed by atoms with van der Waals surface area (Å²) in [6.45, 7) is 3.20. The molecule has 116 valence electrons. The van der Waals surface area contributed by atoms with Gasteiger partial charge in [0.1, 0.15) is 4.90 Å². The van der Waals surface area contributed by atoms with E-state index in [9.17, 15) is 8.42 Å². The fourth-order valence-electron chi connectivity index (χ4n) is 2.00. The second-order valence-corrected chi connectivity index (χ2v) is 7.23. The summed E-state index contributed by atoms with van der Waals surface area (Å²) in [6, 6.07) is 3.74. The Balaban J connectivity index is 1.75. The van der Waals surface area contributed by atoms with Gasteiger partial charge in [-0.1, -0.05) is 11.2 Å². The van der Waals surface area contributed by atoms with Crippen molar-refractivity contribution in [2.45, 2.75) is 25.3 Å². The van der Waals surface area contributed by atoms with Gasteiger partial charge in [-0.2, -0.15) is 10.1 Å². The summed E-state index contributed by atoms with van der Waals surface area (Å²) >= 11 is 1.48. The number of rotatable bonds is 5. The van der Waals surface area contributed by atoms with E-state index in [0.717, 1.165) is 4.88 Å². The highest BCUT2D eigenvalue weighted by atomic mass is 32.2. The maximum Gasteiger partial charge on any atom is 0.244 e. The summed E-state index contributed by atoms with van der Waals surface area (Å²) < 4.78 is 32.1. The van der Waals surface area contributed by atoms with Crippen LogP contribution in [-0.4, -0.2) is 28.8 Å². The smallest absolute Gasteiger partial charge is 0.244 e. The van der Waals surface area contributed by atoms with Gasteiger partial charge in [0.2, 0.25) is 21.7 Å². The Morgan fingerprint density at radius 1 is 1.41 bits per heavy atom. The molecule has 0 aliphatic carbocycles. The number of H-pyrrole nitrogens is 1. The topological polar surface area (TPSA) is 114 Å². The van der Waals surface area contributed by atoms with E-state index >= 15 is 0 Å². The predicted octanol–water partition coefficient (Wildman–Crippen LogP) is 1.62. The average Bonchev–Trinajstić information content (AvgIpc) is 3.17. The molecule has 8 nitrogen and oxygen atoms in total. The molecule has 0 amide bonds. The Hall–Kier alpha value is -2.04. The minimum atomic E-state index is -3.69. The normalized spacial score (nSPS) is 11.9. The van der Waals surface area contributed by atoms with Crippen molar-refractivity contribution in [1.29, 1.82) is 0 Å². The predicted molar refractivity (Wildman–Crippen MR) is 79.7 cm³/mol. The van der Waals surface area contributed by atoms with Crippen molar-refractivity contribution in [1.82, 2.24) is 25.1 Å². The highest BCUT2D eigenvalue weighted by Crippen LogP contribution is 2.21. The van der Waals surface area contributed by atoms with E-state index in [1.54, 1.807) is 13.8 Å². The van der Waals surface area contributed by atoms with E-state index in [1.165, 1.54) is 11.3 Å². The van der Waals surface area contributed by atoms with Gasteiger partial charge in [0, 0.05) is 0 Å². The third-order valence-electron chi connectivity index (χ3n) is 2.95. The standard InChI is InChI=1S/C12H13N5O3S2/c1-7-11(8(2)16-15-7)22(18,19)13-6-10-14-12(17-20-10)9-4-3-5-21-9/h3-5,13H,6H2,1-2H3,(H,15,16). The first-order valence-electron chi connectivity index (χ1n) is 6.35. The molecule has 0 saturated heterocycles. The fraction of sp³-hybridized carbons (Fsp3) is 0.250. The molecule has 0 aromatic carbocycles. The molecule has 2 N–H and O–H groups in total. The molecule has 3 heterocycles. The molecule has 0 unspecified atom stereocenters. The van der Waals surface area contributed by atoms with Gasteiger partial charge in [-0.15, -0.1) is 11.3 Å². The molecule has 0 fully saturated rings. The quantitative estimate of drug-likeness (QED) is 0.730. The van der Waals surface area contributed by atoms with Crippen molar-refractivity contribution >= 4 is 21.4 Å². The minimum absolute atomic E-state index is 0.0786. The van der Waals surface area contributed by atoms with E-state index in [-0.39, 0.29) is 17.3 Å². The van der Waals surface area contributed by atoms with Gasteiger partial charge in [-0.05, 0) is 25.3 Å². The van der Waals surface area contributed by atoms with Crippen LogP contribution in [0.5, 0.6) is 0 Å². The minimum Gasteiger partial charge on any atom is -0.337 e. The first-order chi connectivity index (χ1) is 10.5. The van der Waals surface area contributed by atoms with Crippen LogP contribution in [0.25, 0.3) is 10.7 Å². The van der Waals surface area contributed by atoms with Crippen molar-refractivity contribution in [3.8, 4) is 10.7 Å². The van der Waals surface area contributed by atoms with E-state index in [0.29, 0.717) is 17.2 Å². The van der Waals surface area contributed by atoms with Gasteiger partial charge in [-0.25, -0.2) is 13.1 Å². The number of thiophene rings is 1. The van der Waals surface area contributed by atoms with Gasteiger partial charge in [0.25, 0.3) is 0 Å². The molecular formula is C12H13N5O3S2. The van der Waals surface area contributed by atoms with Crippen LogP contribution in [0.2, 0.25) is 0 Å². The molecule has 3 rings (SSSR count). The number of nitrogens with zero attached hydrogens (tertiary/aromatic N) is 3. The Bertz CT molecular complexity index is 860. The maximum atomic E-state index is 12.3. The highest BCUT2D eigenvalue weighted by Gasteiger charge is 2.23. The molecule has 0 radical (unpaired) electrons. The van der Waals surface area contributed by atoms with Crippen molar-refractivity contribution in [2.75, 3.05) is 0 Å². The Labute approximate surface area is 130 Å². The van der Waals surface area contributed by atoms with E-state index < -0.39 is 10.0 Å². The summed E-state index contributed by atoms with van der Waals surface area (Å²) in [6.07, 6.45) is 0. The van der Waals surface area contributed by atoms with Crippen molar-refractivity contribution in [3.63, 3.8) is 0 Å². The van der Waals surface area contributed by atoms with Crippen LogP contribution in [0.4, 0.5) is 0 Å². The lowest BCUT2D eigenvalue weighted by molar-refractivity contribution is 0.376. The van der Waals surface area contributed by atoms with Crippen molar-refractivity contribution in [2.24, 2.45) is 0 Å². The van der Waals surface area contributed by atoms with Gasteiger partial charge < -0.3 is 4.52 Å². The lowest BCUT2D eigenvalue weighted by Gasteiger charge is -2.04. The highest BCUT2D eigenvalue weighted by molar-refractivity contribution is 7.89. The number of aryl methyl sites for hydroxylation is 2. The average molecular weight is 339 g/mol. The molecule has 3 aromatic heterocycles. The SMILES string of the molecule is Cc1n[nH]c(C)c1S(=O)(=O)NCc1nc(-c2cccs2)no1. The third-order valence-corrected chi connectivity index (χ3v) is 5.48. The van der Waals surface area contributed by atoms with E-state index in [2.05, 4.69) is 25.1 Å².